The van der Waals surface area contributed by atoms with E-state index in [1.165, 1.54) is 19.5 Å². The summed E-state index contributed by atoms with van der Waals surface area (Å²) in [5.74, 6) is 1.82. The van der Waals surface area contributed by atoms with Crippen molar-refractivity contribution < 1.29 is 0 Å². The second-order valence-corrected chi connectivity index (χ2v) is 5.72. The zero-order valence-electron chi connectivity index (χ0n) is 9.22. The molecule has 0 aliphatic carbocycles. The smallest absolute Gasteiger partial charge is 0.000995 e. The van der Waals surface area contributed by atoms with Crippen LogP contribution in [0.15, 0.2) is 0 Å². The third kappa shape index (κ3) is 2.78. The van der Waals surface area contributed by atoms with Crippen molar-refractivity contribution in [2.75, 3.05) is 20.1 Å². The molecule has 1 aliphatic rings. The summed E-state index contributed by atoms with van der Waals surface area (Å²) in [4.78, 5) is 2.46. The van der Waals surface area contributed by atoms with E-state index in [-0.39, 0.29) is 0 Å². The fraction of sp³-hybridized carbons (Fsp3) is 1.00. The van der Waals surface area contributed by atoms with Crippen LogP contribution in [0.1, 0.15) is 34.1 Å². The highest BCUT2D eigenvalue weighted by molar-refractivity contribution is 4.82. The average molecular weight is 169 g/mol. The molecule has 1 nitrogen and oxygen atoms in total. The molecule has 1 heterocycles. The number of rotatable bonds is 1. The van der Waals surface area contributed by atoms with Gasteiger partial charge in [0.1, 0.15) is 0 Å². The van der Waals surface area contributed by atoms with Crippen LogP contribution in [0, 0.1) is 17.3 Å². The first kappa shape index (κ1) is 10.0. The molecule has 0 aromatic rings. The maximum atomic E-state index is 2.46. The summed E-state index contributed by atoms with van der Waals surface area (Å²) < 4.78 is 0. The van der Waals surface area contributed by atoms with Gasteiger partial charge < -0.3 is 4.90 Å². The van der Waals surface area contributed by atoms with Crippen LogP contribution in [0.2, 0.25) is 0 Å². The van der Waals surface area contributed by atoms with Crippen molar-refractivity contribution in [2.45, 2.75) is 34.1 Å². The Balaban J connectivity index is 2.43. The van der Waals surface area contributed by atoms with Gasteiger partial charge in [-0.3, -0.25) is 0 Å². The lowest BCUT2D eigenvalue weighted by Gasteiger charge is -2.25. The summed E-state index contributed by atoms with van der Waals surface area (Å²) >= 11 is 0. The SMILES string of the molecule is CC1CN(C)C[C@H]1CC(C)(C)C. The van der Waals surface area contributed by atoms with Gasteiger partial charge in [-0.15, -0.1) is 0 Å². The molecular weight excluding hydrogens is 146 g/mol. The Labute approximate surface area is 77.1 Å². The van der Waals surface area contributed by atoms with Crippen LogP contribution in [0.4, 0.5) is 0 Å². The average Bonchev–Trinajstić information content (AvgIpc) is 2.06. The number of hydrogen-bond donors (Lipinski definition) is 0. The lowest BCUT2D eigenvalue weighted by atomic mass is 9.81. The van der Waals surface area contributed by atoms with Gasteiger partial charge >= 0.3 is 0 Å². The highest BCUT2D eigenvalue weighted by Gasteiger charge is 2.30. The maximum Gasteiger partial charge on any atom is 0.000995 e. The summed E-state index contributed by atoms with van der Waals surface area (Å²) in [5, 5.41) is 0. The molecule has 0 saturated carbocycles. The Bertz CT molecular complexity index is 146. The van der Waals surface area contributed by atoms with Gasteiger partial charge in [-0.1, -0.05) is 27.7 Å². The summed E-state index contributed by atoms with van der Waals surface area (Å²) in [6.07, 6.45) is 1.37. The zero-order chi connectivity index (χ0) is 9.35. The summed E-state index contributed by atoms with van der Waals surface area (Å²) in [5.41, 5.74) is 0.504. The van der Waals surface area contributed by atoms with Gasteiger partial charge in [-0.2, -0.15) is 0 Å². The van der Waals surface area contributed by atoms with Crippen LogP contribution in [0.25, 0.3) is 0 Å². The second-order valence-electron chi connectivity index (χ2n) is 5.72. The Morgan fingerprint density at radius 2 is 1.83 bits per heavy atom. The topological polar surface area (TPSA) is 3.24 Å². The van der Waals surface area contributed by atoms with Crippen molar-refractivity contribution in [3.63, 3.8) is 0 Å². The van der Waals surface area contributed by atoms with E-state index in [9.17, 15) is 0 Å². The van der Waals surface area contributed by atoms with E-state index in [1.807, 2.05) is 0 Å². The van der Waals surface area contributed by atoms with Crippen LogP contribution < -0.4 is 0 Å². The van der Waals surface area contributed by atoms with E-state index >= 15 is 0 Å². The van der Waals surface area contributed by atoms with Gasteiger partial charge in [-0.05, 0) is 30.7 Å². The summed E-state index contributed by atoms with van der Waals surface area (Å²) in [7, 11) is 2.24. The van der Waals surface area contributed by atoms with Gasteiger partial charge in [0.25, 0.3) is 0 Å². The Kier molecular flexibility index (Phi) is 2.82. The monoisotopic (exact) mass is 169 g/mol. The van der Waals surface area contributed by atoms with Crippen molar-refractivity contribution in [3.8, 4) is 0 Å². The van der Waals surface area contributed by atoms with Crippen LogP contribution in [-0.2, 0) is 0 Å². The molecule has 0 radical (unpaired) electrons. The maximum absolute atomic E-state index is 2.46. The Morgan fingerprint density at radius 1 is 1.25 bits per heavy atom. The minimum Gasteiger partial charge on any atom is -0.306 e. The van der Waals surface area contributed by atoms with Gasteiger partial charge in [-0.25, -0.2) is 0 Å². The van der Waals surface area contributed by atoms with Gasteiger partial charge in [0.05, 0.1) is 0 Å². The highest BCUT2D eigenvalue weighted by atomic mass is 15.1. The number of nitrogens with zero attached hydrogens (tertiary/aromatic N) is 1. The first-order chi connectivity index (χ1) is 5.38. The largest absolute Gasteiger partial charge is 0.306 e. The first-order valence-electron chi connectivity index (χ1n) is 5.07. The molecule has 12 heavy (non-hydrogen) atoms. The fourth-order valence-electron chi connectivity index (χ4n) is 2.35. The molecule has 1 saturated heterocycles. The molecule has 0 spiro atoms. The molecule has 0 N–H and O–H groups in total. The van der Waals surface area contributed by atoms with Crippen molar-refractivity contribution >= 4 is 0 Å². The molecule has 0 amide bonds. The molecule has 1 rings (SSSR count). The number of likely N-dealkylation sites (tertiary alicyclic amines) is 1. The van der Waals surface area contributed by atoms with E-state index < -0.39 is 0 Å². The fourth-order valence-corrected chi connectivity index (χ4v) is 2.35. The van der Waals surface area contributed by atoms with Crippen molar-refractivity contribution in [2.24, 2.45) is 17.3 Å². The molecular formula is C11H23N. The normalized spacial score (nSPS) is 32.8. The van der Waals surface area contributed by atoms with E-state index in [1.54, 1.807) is 0 Å². The van der Waals surface area contributed by atoms with Gasteiger partial charge in [0.15, 0.2) is 0 Å². The molecule has 0 bridgehead atoms. The van der Waals surface area contributed by atoms with Crippen molar-refractivity contribution in [3.05, 3.63) is 0 Å². The lowest BCUT2D eigenvalue weighted by Crippen LogP contribution is -2.19. The van der Waals surface area contributed by atoms with E-state index in [2.05, 4.69) is 39.6 Å². The molecule has 0 aromatic carbocycles. The summed E-state index contributed by atoms with van der Waals surface area (Å²) in [6.45, 7) is 12.0. The molecule has 1 aliphatic heterocycles. The van der Waals surface area contributed by atoms with E-state index in [0.29, 0.717) is 5.41 Å². The van der Waals surface area contributed by atoms with Crippen LogP contribution in [-0.4, -0.2) is 25.0 Å². The lowest BCUT2D eigenvalue weighted by molar-refractivity contribution is 0.266. The molecule has 1 unspecified atom stereocenters. The first-order valence-corrected chi connectivity index (χ1v) is 5.07. The molecule has 72 valence electrons. The minimum atomic E-state index is 0.504. The van der Waals surface area contributed by atoms with Crippen LogP contribution >= 0.6 is 0 Å². The third-order valence-electron chi connectivity index (χ3n) is 2.83. The predicted octanol–water partition coefficient (Wildman–Crippen LogP) is 2.62. The predicted molar refractivity (Wildman–Crippen MR) is 54.2 cm³/mol. The summed E-state index contributed by atoms with van der Waals surface area (Å²) in [6, 6.07) is 0. The number of hydrogen-bond acceptors (Lipinski definition) is 1. The van der Waals surface area contributed by atoms with Crippen molar-refractivity contribution in [1.82, 2.24) is 4.90 Å². The Morgan fingerprint density at radius 3 is 2.17 bits per heavy atom. The van der Waals surface area contributed by atoms with E-state index in [0.717, 1.165) is 11.8 Å². The third-order valence-corrected chi connectivity index (χ3v) is 2.83. The minimum absolute atomic E-state index is 0.504. The molecule has 2 atom stereocenters. The highest BCUT2D eigenvalue weighted by Crippen LogP contribution is 2.32. The standard InChI is InChI=1S/C11H23N/c1-9-7-12(5)8-10(9)6-11(2,3)4/h9-10H,6-8H2,1-5H3/t9?,10-/m1/s1. The molecule has 1 heteroatoms. The van der Waals surface area contributed by atoms with Crippen LogP contribution in [0.5, 0.6) is 0 Å². The molecule has 1 fully saturated rings. The quantitative estimate of drug-likeness (QED) is 0.583. The van der Waals surface area contributed by atoms with Gasteiger partial charge in [0.2, 0.25) is 0 Å². The molecule has 0 aromatic heterocycles. The van der Waals surface area contributed by atoms with Crippen LogP contribution in [0.3, 0.4) is 0 Å². The zero-order valence-corrected chi connectivity index (χ0v) is 9.22. The van der Waals surface area contributed by atoms with E-state index in [4.69, 9.17) is 0 Å². The second kappa shape index (κ2) is 3.37. The van der Waals surface area contributed by atoms with Crippen molar-refractivity contribution in [1.29, 1.82) is 0 Å². The Hall–Kier alpha value is -0.0400. The van der Waals surface area contributed by atoms with Gasteiger partial charge in [0, 0.05) is 13.1 Å².